The van der Waals surface area contributed by atoms with Gasteiger partial charge in [0.15, 0.2) is 0 Å². The van der Waals surface area contributed by atoms with Crippen molar-refractivity contribution in [3.05, 3.63) is 21.0 Å². The summed E-state index contributed by atoms with van der Waals surface area (Å²) in [6.45, 7) is 3.77. The maximum absolute atomic E-state index is 11.3. The lowest BCUT2D eigenvalue weighted by molar-refractivity contribution is 0.0900. The maximum Gasteiger partial charge on any atom is 0.280 e. The number of halogens is 1. The van der Waals surface area contributed by atoms with Gasteiger partial charge in [-0.15, -0.1) is 0 Å². The van der Waals surface area contributed by atoms with Gasteiger partial charge >= 0.3 is 0 Å². The lowest BCUT2D eigenvalue weighted by Gasteiger charge is -2.18. The van der Waals surface area contributed by atoms with Gasteiger partial charge in [-0.2, -0.15) is 5.10 Å². The zero-order valence-electron chi connectivity index (χ0n) is 9.70. The lowest BCUT2D eigenvalue weighted by Crippen LogP contribution is -2.23. The Labute approximate surface area is 108 Å². The molecule has 1 aromatic rings. The molecule has 5 nitrogen and oxygen atoms in total. The van der Waals surface area contributed by atoms with E-state index in [4.69, 9.17) is 4.74 Å². The van der Waals surface area contributed by atoms with Gasteiger partial charge in [0.05, 0.1) is 18.0 Å². The average Bonchev–Trinajstić information content (AvgIpc) is 2.78. The van der Waals surface area contributed by atoms with Gasteiger partial charge in [-0.3, -0.25) is 4.79 Å². The normalized spacial score (nSPS) is 23.9. The Morgan fingerprint density at radius 2 is 2.53 bits per heavy atom. The molecule has 0 bridgehead atoms. The molecule has 1 aliphatic heterocycles. The number of aromatic amines is 1. The molecule has 0 aromatic carbocycles. The van der Waals surface area contributed by atoms with Gasteiger partial charge in [0, 0.05) is 19.1 Å². The SMILES string of the molecule is CCC1OCCC1CNc1cn[nH]c(=O)c1Br. The zero-order valence-corrected chi connectivity index (χ0v) is 11.3. The Bertz CT molecular complexity index is 435. The Hall–Kier alpha value is -0.880. The number of hydrogen-bond acceptors (Lipinski definition) is 4. The fourth-order valence-corrected chi connectivity index (χ4v) is 2.46. The van der Waals surface area contributed by atoms with Gasteiger partial charge in [-0.25, -0.2) is 5.10 Å². The minimum atomic E-state index is -0.218. The molecule has 0 saturated carbocycles. The van der Waals surface area contributed by atoms with Crippen LogP contribution >= 0.6 is 15.9 Å². The first-order valence-electron chi connectivity index (χ1n) is 5.81. The average molecular weight is 302 g/mol. The van der Waals surface area contributed by atoms with Crippen molar-refractivity contribution < 1.29 is 4.74 Å². The molecule has 6 heteroatoms. The number of aromatic nitrogens is 2. The molecule has 1 aliphatic rings. The summed E-state index contributed by atoms with van der Waals surface area (Å²) in [5.74, 6) is 0.506. The third kappa shape index (κ3) is 2.87. The van der Waals surface area contributed by atoms with E-state index in [0.717, 1.165) is 31.7 Å². The van der Waals surface area contributed by atoms with Gasteiger partial charge in [-0.1, -0.05) is 6.92 Å². The molecule has 17 heavy (non-hydrogen) atoms. The highest BCUT2D eigenvalue weighted by Crippen LogP contribution is 2.24. The molecule has 0 amide bonds. The molecule has 2 unspecified atom stereocenters. The highest BCUT2D eigenvalue weighted by atomic mass is 79.9. The summed E-state index contributed by atoms with van der Waals surface area (Å²) >= 11 is 3.24. The summed E-state index contributed by atoms with van der Waals surface area (Å²) in [6, 6.07) is 0. The van der Waals surface area contributed by atoms with Crippen molar-refractivity contribution >= 4 is 21.6 Å². The number of hydrogen-bond donors (Lipinski definition) is 2. The van der Waals surface area contributed by atoms with Crippen molar-refractivity contribution in [2.24, 2.45) is 5.92 Å². The second-order valence-electron chi connectivity index (χ2n) is 4.17. The van der Waals surface area contributed by atoms with Crippen LogP contribution < -0.4 is 10.9 Å². The Balaban J connectivity index is 1.98. The number of ether oxygens (including phenoxy) is 1. The molecule has 0 spiro atoms. The molecule has 2 N–H and O–H groups in total. The van der Waals surface area contributed by atoms with Crippen molar-refractivity contribution in [2.45, 2.75) is 25.9 Å². The van der Waals surface area contributed by atoms with Gasteiger partial charge in [-0.05, 0) is 28.8 Å². The van der Waals surface area contributed by atoms with Crippen LogP contribution in [-0.4, -0.2) is 29.5 Å². The summed E-state index contributed by atoms with van der Waals surface area (Å²) in [6.07, 6.45) is 4.04. The number of H-pyrrole nitrogens is 1. The minimum absolute atomic E-state index is 0.218. The first-order valence-corrected chi connectivity index (χ1v) is 6.60. The molecule has 1 saturated heterocycles. The molecular formula is C11H16BrN3O2. The predicted molar refractivity (Wildman–Crippen MR) is 69.2 cm³/mol. The highest BCUT2D eigenvalue weighted by Gasteiger charge is 2.26. The Morgan fingerprint density at radius 3 is 3.29 bits per heavy atom. The molecule has 1 fully saturated rings. The van der Waals surface area contributed by atoms with Crippen LogP contribution in [0.2, 0.25) is 0 Å². The molecule has 1 aromatic heterocycles. The van der Waals surface area contributed by atoms with E-state index in [9.17, 15) is 4.79 Å². The summed E-state index contributed by atoms with van der Waals surface area (Å²) in [7, 11) is 0. The van der Waals surface area contributed by atoms with E-state index in [2.05, 4.69) is 38.4 Å². The maximum atomic E-state index is 11.3. The summed E-state index contributed by atoms with van der Waals surface area (Å²) in [5, 5.41) is 9.39. The molecule has 0 aliphatic carbocycles. The lowest BCUT2D eigenvalue weighted by atomic mass is 10.00. The number of nitrogens with one attached hydrogen (secondary N) is 2. The van der Waals surface area contributed by atoms with Gasteiger partial charge in [0.25, 0.3) is 5.56 Å². The minimum Gasteiger partial charge on any atom is -0.382 e. The molecule has 0 radical (unpaired) electrons. The molecule has 2 rings (SSSR count). The molecular weight excluding hydrogens is 286 g/mol. The van der Waals surface area contributed by atoms with Gasteiger partial charge < -0.3 is 10.1 Å². The van der Waals surface area contributed by atoms with Crippen LogP contribution in [0.3, 0.4) is 0 Å². The van der Waals surface area contributed by atoms with E-state index in [1.807, 2.05) is 0 Å². The summed E-state index contributed by atoms with van der Waals surface area (Å²) in [5.41, 5.74) is 0.514. The van der Waals surface area contributed by atoms with E-state index < -0.39 is 0 Å². The van der Waals surface area contributed by atoms with E-state index in [-0.39, 0.29) is 5.56 Å². The topological polar surface area (TPSA) is 67.0 Å². The first-order chi connectivity index (χ1) is 8.22. The zero-order chi connectivity index (χ0) is 12.3. The molecule has 2 heterocycles. The van der Waals surface area contributed by atoms with Crippen molar-refractivity contribution in [3.8, 4) is 0 Å². The highest BCUT2D eigenvalue weighted by molar-refractivity contribution is 9.10. The molecule has 94 valence electrons. The second kappa shape index (κ2) is 5.64. The monoisotopic (exact) mass is 301 g/mol. The van der Waals surface area contributed by atoms with E-state index in [1.165, 1.54) is 0 Å². The molecule has 2 atom stereocenters. The quantitative estimate of drug-likeness (QED) is 0.889. The van der Waals surface area contributed by atoms with Crippen molar-refractivity contribution in [1.82, 2.24) is 10.2 Å². The van der Waals surface area contributed by atoms with Crippen LogP contribution in [0.5, 0.6) is 0 Å². The van der Waals surface area contributed by atoms with Crippen LogP contribution in [-0.2, 0) is 4.74 Å². The van der Waals surface area contributed by atoms with Gasteiger partial charge in [0.1, 0.15) is 4.47 Å². The smallest absolute Gasteiger partial charge is 0.280 e. The third-order valence-electron chi connectivity index (χ3n) is 3.10. The number of nitrogens with zero attached hydrogens (tertiary/aromatic N) is 1. The Kier molecular flexibility index (Phi) is 4.17. The van der Waals surface area contributed by atoms with Gasteiger partial charge in [0.2, 0.25) is 0 Å². The van der Waals surface area contributed by atoms with Crippen molar-refractivity contribution in [2.75, 3.05) is 18.5 Å². The fourth-order valence-electron chi connectivity index (χ4n) is 2.13. The van der Waals surface area contributed by atoms with Crippen LogP contribution in [0, 0.1) is 5.92 Å². The fraction of sp³-hybridized carbons (Fsp3) is 0.636. The van der Waals surface area contributed by atoms with Crippen LogP contribution in [0.25, 0.3) is 0 Å². The van der Waals surface area contributed by atoms with Crippen molar-refractivity contribution in [3.63, 3.8) is 0 Å². The number of rotatable bonds is 4. The standard InChI is InChI=1S/C11H16BrN3O2/c1-2-9-7(3-4-17-9)5-13-8-6-14-15-11(16)10(8)12/h6-7,9H,2-5H2,1H3,(H2,13,15,16). The van der Waals surface area contributed by atoms with E-state index in [1.54, 1.807) is 6.20 Å². The summed E-state index contributed by atoms with van der Waals surface area (Å²) < 4.78 is 6.12. The summed E-state index contributed by atoms with van der Waals surface area (Å²) in [4.78, 5) is 11.3. The van der Waals surface area contributed by atoms with Crippen LogP contribution in [0.1, 0.15) is 19.8 Å². The predicted octanol–water partition coefficient (Wildman–Crippen LogP) is 1.76. The van der Waals surface area contributed by atoms with Crippen LogP contribution in [0.4, 0.5) is 5.69 Å². The second-order valence-corrected chi connectivity index (χ2v) is 4.97. The van der Waals surface area contributed by atoms with Crippen molar-refractivity contribution in [1.29, 1.82) is 0 Å². The number of anilines is 1. The van der Waals surface area contributed by atoms with E-state index >= 15 is 0 Å². The van der Waals surface area contributed by atoms with E-state index in [0.29, 0.717) is 16.5 Å². The Morgan fingerprint density at radius 1 is 1.71 bits per heavy atom. The van der Waals surface area contributed by atoms with Crippen LogP contribution in [0.15, 0.2) is 15.5 Å². The third-order valence-corrected chi connectivity index (χ3v) is 3.89. The first kappa shape index (κ1) is 12.6. The largest absolute Gasteiger partial charge is 0.382 e.